The summed E-state index contributed by atoms with van der Waals surface area (Å²) in [5, 5.41) is 7.48. The molecule has 0 atom stereocenters. The Hall–Kier alpha value is -2.92. The van der Waals surface area contributed by atoms with Crippen LogP contribution in [-0.2, 0) is 6.54 Å². The van der Waals surface area contributed by atoms with Crippen LogP contribution in [0.2, 0.25) is 0 Å². The first-order chi connectivity index (χ1) is 13.3. The summed E-state index contributed by atoms with van der Waals surface area (Å²) >= 11 is 0. The fraction of sp³-hybridized carbons (Fsp3) is 0.273. The van der Waals surface area contributed by atoms with Gasteiger partial charge in [0.25, 0.3) is 5.91 Å². The summed E-state index contributed by atoms with van der Waals surface area (Å²) in [6.45, 7) is 3.06. The van der Waals surface area contributed by atoms with Gasteiger partial charge in [-0.2, -0.15) is 5.10 Å². The van der Waals surface area contributed by atoms with Gasteiger partial charge in [0.05, 0.1) is 12.2 Å². The van der Waals surface area contributed by atoms with Crippen molar-refractivity contribution >= 4 is 11.7 Å². The van der Waals surface area contributed by atoms with Crippen molar-refractivity contribution in [1.29, 1.82) is 0 Å². The molecule has 2 aromatic carbocycles. The summed E-state index contributed by atoms with van der Waals surface area (Å²) in [5.74, 6) is 0.671. The standard InChI is InChI=1S/C22H24N4O/c27-22(19-9-5-2-6-10-19)24-21-11-14-23-26(21)20-12-15-25(16-13-20)17-18-7-3-1-4-8-18/h1-11,14,20H,12-13,15-17H2,(H,24,27). The first-order valence-corrected chi connectivity index (χ1v) is 9.46. The van der Waals surface area contributed by atoms with Gasteiger partial charge in [0.15, 0.2) is 0 Å². The molecule has 3 aromatic rings. The molecule has 2 heterocycles. The van der Waals surface area contributed by atoms with E-state index >= 15 is 0 Å². The quantitative estimate of drug-likeness (QED) is 0.749. The summed E-state index contributed by atoms with van der Waals surface area (Å²) in [6, 6.07) is 22.1. The molecule has 1 aliphatic rings. The second kappa shape index (κ2) is 8.18. The number of carbonyl (C=O) groups is 1. The van der Waals surface area contributed by atoms with Gasteiger partial charge in [-0.05, 0) is 30.5 Å². The second-order valence-corrected chi connectivity index (χ2v) is 6.97. The number of amides is 1. The largest absolute Gasteiger partial charge is 0.307 e. The molecule has 27 heavy (non-hydrogen) atoms. The molecule has 1 aliphatic heterocycles. The van der Waals surface area contributed by atoms with E-state index in [4.69, 9.17) is 0 Å². The van der Waals surface area contributed by atoms with E-state index < -0.39 is 0 Å². The van der Waals surface area contributed by atoms with Gasteiger partial charge in [0.1, 0.15) is 5.82 Å². The Kier molecular flexibility index (Phi) is 5.30. The Bertz CT molecular complexity index is 868. The molecular formula is C22H24N4O. The van der Waals surface area contributed by atoms with Crippen LogP contribution in [0.4, 0.5) is 5.82 Å². The lowest BCUT2D eigenvalue weighted by molar-refractivity contribution is 0.102. The molecular weight excluding hydrogens is 336 g/mol. The predicted molar refractivity (Wildman–Crippen MR) is 107 cm³/mol. The van der Waals surface area contributed by atoms with Gasteiger partial charge in [-0.25, -0.2) is 4.68 Å². The molecule has 1 amide bonds. The van der Waals surface area contributed by atoms with Crippen LogP contribution >= 0.6 is 0 Å². The number of hydrogen-bond acceptors (Lipinski definition) is 3. The molecule has 138 valence electrons. The third kappa shape index (κ3) is 4.26. The van der Waals surface area contributed by atoms with Crippen molar-refractivity contribution in [2.24, 2.45) is 0 Å². The number of rotatable bonds is 5. The number of carbonyl (C=O) groups excluding carboxylic acids is 1. The highest BCUT2D eigenvalue weighted by molar-refractivity contribution is 6.03. The zero-order valence-electron chi connectivity index (χ0n) is 15.3. The molecule has 5 nitrogen and oxygen atoms in total. The number of piperidine rings is 1. The Morgan fingerprint density at radius 3 is 2.33 bits per heavy atom. The monoisotopic (exact) mass is 360 g/mol. The van der Waals surface area contributed by atoms with E-state index in [0.29, 0.717) is 11.6 Å². The lowest BCUT2D eigenvalue weighted by Gasteiger charge is -2.32. The zero-order valence-corrected chi connectivity index (χ0v) is 15.3. The van der Waals surface area contributed by atoms with Crippen LogP contribution in [0, 0.1) is 0 Å². The van der Waals surface area contributed by atoms with Gasteiger partial charge in [-0.15, -0.1) is 0 Å². The first kappa shape index (κ1) is 17.5. The van der Waals surface area contributed by atoms with Gasteiger partial charge >= 0.3 is 0 Å². The number of hydrogen-bond donors (Lipinski definition) is 1. The molecule has 4 rings (SSSR count). The van der Waals surface area contributed by atoms with Gasteiger partial charge in [-0.1, -0.05) is 48.5 Å². The minimum Gasteiger partial charge on any atom is -0.307 e. The number of benzene rings is 2. The number of aromatic nitrogens is 2. The number of nitrogens with zero attached hydrogens (tertiary/aromatic N) is 3. The number of nitrogens with one attached hydrogen (secondary N) is 1. The van der Waals surface area contributed by atoms with Crippen LogP contribution in [0.5, 0.6) is 0 Å². The fourth-order valence-corrected chi connectivity index (χ4v) is 3.65. The zero-order chi connectivity index (χ0) is 18.5. The normalized spacial score (nSPS) is 15.6. The SMILES string of the molecule is O=C(Nc1ccnn1C1CCN(Cc2ccccc2)CC1)c1ccccc1. The summed E-state index contributed by atoms with van der Waals surface area (Å²) in [7, 11) is 0. The average molecular weight is 360 g/mol. The number of likely N-dealkylation sites (tertiary alicyclic amines) is 1. The average Bonchev–Trinajstić information content (AvgIpc) is 3.18. The third-order valence-corrected chi connectivity index (χ3v) is 5.10. The van der Waals surface area contributed by atoms with E-state index in [2.05, 4.69) is 45.6 Å². The lowest BCUT2D eigenvalue weighted by atomic mass is 10.0. The number of anilines is 1. The van der Waals surface area contributed by atoms with Crippen LogP contribution in [0.1, 0.15) is 34.8 Å². The van der Waals surface area contributed by atoms with E-state index in [9.17, 15) is 4.79 Å². The van der Waals surface area contributed by atoms with E-state index in [1.165, 1.54) is 5.56 Å². The van der Waals surface area contributed by atoms with Crippen LogP contribution in [-0.4, -0.2) is 33.7 Å². The molecule has 0 unspecified atom stereocenters. The molecule has 1 N–H and O–H groups in total. The van der Waals surface area contributed by atoms with Crippen LogP contribution in [0.15, 0.2) is 72.9 Å². The Labute approximate surface area is 159 Å². The Balaban J connectivity index is 1.37. The maximum Gasteiger partial charge on any atom is 0.256 e. The van der Waals surface area contributed by atoms with E-state index in [1.807, 2.05) is 41.1 Å². The highest BCUT2D eigenvalue weighted by Crippen LogP contribution is 2.26. The first-order valence-electron chi connectivity index (χ1n) is 9.46. The van der Waals surface area contributed by atoms with Gasteiger partial charge in [0, 0.05) is 31.3 Å². The second-order valence-electron chi connectivity index (χ2n) is 6.97. The lowest BCUT2D eigenvalue weighted by Crippen LogP contribution is -2.35. The maximum atomic E-state index is 12.4. The Morgan fingerprint density at radius 2 is 1.63 bits per heavy atom. The molecule has 0 radical (unpaired) electrons. The van der Waals surface area contributed by atoms with Crippen molar-refractivity contribution in [2.45, 2.75) is 25.4 Å². The van der Waals surface area contributed by atoms with Crippen molar-refractivity contribution in [3.63, 3.8) is 0 Å². The van der Waals surface area contributed by atoms with Gasteiger partial charge in [-0.3, -0.25) is 9.69 Å². The highest BCUT2D eigenvalue weighted by Gasteiger charge is 2.23. The molecule has 0 aliphatic carbocycles. The van der Waals surface area contributed by atoms with Gasteiger partial charge < -0.3 is 5.32 Å². The van der Waals surface area contributed by atoms with Crippen molar-refractivity contribution in [2.75, 3.05) is 18.4 Å². The van der Waals surface area contributed by atoms with Crippen LogP contribution in [0.3, 0.4) is 0 Å². The summed E-state index contributed by atoms with van der Waals surface area (Å²) in [4.78, 5) is 14.9. The minimum absolute atomic E-state index is 0.0983. The molecule has 0 bridgehead atoms. The van der Waals surface area contributed by atoms with E-state index in [-0.39, 0.29) is 5.91 Å². The molecule has 1 saturated heterocycles. The summed E-state index contributed by atoms with van der Waals surface area (Å²) in [6.07, 6.45) is 3.82. The molecule has 0 spiro atoms. The van der Waals surface area contributed by atoms with Gasteiger partial charge in [0.2, 0.25) is 0 Å². The molecule has 5 heteroatoms. The maximum absolute atomic E-state index is 12.4. The summed E-state index contributed by atoms with van der Waals surface area (Å²) in [5.41, 5.74) is 2.01. The topological polar surface area (TPSA) is 50.2 Å². The van der Waals surface area contributed by atoms with Crippen molar-refractivity contribution in [1.82, 2.24) is 14.7 Å². The molecule has 0 saturated carbocycles. The van der Waals surface area contributed by atoms with Crippen molar-refractivity contribution < 1.29 is 4.79 Å². The van der Waals surface area contributed by atoms with Crippen LogP contribution < -0.4 is 5.32 Å². The predicted octanol–water partition coefficient (Wildman–Crippen LogP) is 3.97. The van der Waals surface area contributed by atoms with E-state index in [0.717, 1.165) is 38.3 Å². The van der Waals surface area contributed by atoms with Crippen LogP contribution in [0.25, 0.3) is 0 Å². The highest BCUT2D eigenvalue weighted by atomic mass is 16.1. The molecule has 1 aromatic heterocycles. The fourth-order valence-electron chi connectivity index (χ4n) is 3.65. The smallest absolute Gasteiger partial charge is 0.256 e. The van der Waals surface area contributed by atoms with E-state index in [1.54, 1.807) is 6.20 Å². The third-order valence-electron chi connectivity index (χ3n) is 5.10. The Morgan fingerprint density at radius 1 is 0.963 bits per heavy atom. The van der Waals surface area contributed by atoms with Crippen molar-refractivity contribution in [3.05, 3.63) is 84.1 Å². The minimum atomic E-state index is -0.0983. The van der Waals surface area contributed by atoms with Crippen molar-refractivity contribution in [3.8, 4) is 0 Å². The summed E-state index contributed by atoms with van der Waals surface area (Å²) < 4.78 is 1.97. The molecule has 1 fully saturated rings.